The summed E-state index contributed by atoms with van der Waals surface area (Å²) in [5.41, 5.74) is 0.486. The highest BCUT2D eigenvalue weighted by Gasteiger charge is 2.33. The van der Waals surface area contributed by atoms with Crippen LogP contribution >= 0.6 is 0 Å². The van der Waals surface area contributed by atoms with E-state index in [1.165, 1.54) is 35.5 Å². The second-order valence-electron chi connectivity index (χ2n) is 6.50. The molecule has 1 amide bonds. The van der Waals surface area contributed by atoms with Crippen LogP contribution in [0.1, 0.15) is 23.7 Å². The van der Waals surface area contributed by atoms with Gasteiger partial charge in [0, 0.05) is 38.3 Å². The fourth-order valence-corrected chi connectivity index (χ4v) is 4.71. The molecular weight excluding hydrogens is 342 g/mol. The molecule has 8 heteroatoms. The monoisotopic (exact) mass is 365 g/mol. The second kappa shape index (κ2) is 7.23. The van der Waals surface area contributed by atoms with E-state index in [2.05, 4.69) is 5.32 Å². The third kappa shape index (κ3) is 3.75. The van der Waals surface area contributed by atoms with E-state index in [1.807, 2.05) is 0 Å². The fourth-order valence-electron chi connectivity index (χ4n) is 3.28. The molecule has 1 N–H and O–H groups in total. The minimum atomic E-state index is -3.60. The van der Waals surface area contributed by atoms with Gasteiger partial charge in [0.1, 0.15) is 0 Å². The molecule has 1 atom stereocenters. The first kappa shape index (κ1) is 18.0. The van der Waals surface area contributed by atoms with Gasteiger partial charge in [-0.15, -0.1) is 0 Å². The lowest BCUT2D eigenvalue weighted by Gasteiger charge is -2.35. The number of piperazine rings is 1. The number of carbonyl (C=O) groups excluding carboxylic acids is 2. The summed E-state index contributed by atoms with van der Waals surface area (Å²) in [7, 11) is -3.60. The van der Waals surface area contributed by atoms with E-state index in [0.717, 1.165) is 13.0 Å². The zero-order valence-electron chi connectivity index (χ0n) is 14.3. The number of Topliss-reactive ketones (excluding diaryl/α,β-unsaturated/α-hetero) is 1. The van der Waals surface area contributed by atoms with Crippen molar-refractivity contribution in [1.29, 1.82) is 0 Å². The number of benzene rings is 1. The molecule has 1 aromatic carbocycles. The van der Waals surface area contributed by atoms with Crippen molar-refractivity contribution < 1.29 is 18.0 Å². The van der Waals surface area contributed by atoms with Crippen molar-refractivity contribution in [3.63, 3.8) is 0 Å². The molecule has 0 aliphatic carbocycles. The smallest absolute Gasteiger partial charge is 0.243 e. The van der Waals surface area contributed by atoms with Gasteiger partial charge < -0.3 is 10.2 Å². The van der Waals surface area contributed by atoms with E-state index < -0.39 is 10.0 Å². The zero-order valence-corrected chi connectivity index (χ0v) is 15.1. The van der Waals surface area contributed by atoms with Crippen molar-refractivity contribution in [2.45, 2.75) is 18.2 Å². The van der Waals surface area contributed by atoms with Crippen molar-refractivity contribution in [3.05, 3.63) is 29.8 Å². The van der Waals surface area contributed by atoms with Gasteiger partial charge in [-0.05, 0) is 32.0 Å². The Labute approximate surface area is 148 Å². The Morgan fingerprint density at radius 3 is 2.24 bits per heavy atom. The number of nitrogens with one attached hydrogen (secondary N) is 1. The molecule has 3 rings (SSSR count). The molecule has 1 aromatic rings. The van der Waals surface area contributed by atoms with E-state index in [1.54, 1.807) is 4.90 Å². The predicted molar refractivity (Wildman–Crippen MR) is 92.8 cm³/mol. The molecule has 25 heavy (non-hydrogen) atoms. The average molecular weight is 365 g/mol. The van der Waals surface area contributed by atoms with E-state index in [-0.39, 0.29) is 22.5 Å². The van der Waals surface area contributed by atoms with Crippen LogP contribution in [0.15, 0.2) is 29.2 Å². The maximum Gasteiger partial charge on any atom is 0.243 e. The number of carbonyl (C=O) groups is 2. The van der Waals surface area contributed by atoms with Crippen molar-refractivity contribution in [2.24, 2.45) is 5.92 Å². The second-order valence-corrected chi connectivity index (χ2v) is 8.44. The Morgan fingerprint density at radius 2 is 1.72 bits per heavy atom. The maximum absolute atomic E-state index is 12.7. The van der Waals surface area contributed by atoms with E-state index in [0.29, 0.717) is 38.3 Å². The zero-order chi connectivity index (χ0) is 18.0. The molecule has 7 nitrogen and oxygen atoms in total. The number of amides is 1. The van der Waals surface area contributed by atoms with Crippen LogP contribution in [0.4, 0.5) is 0 Å². The van der Waals surface area contributed by atoms with E-state index in [9.17, 15) is 18.0 Å². The van der Waals surface area contributed by atoms with Gasteiger partial charge in [-0.3, -0.25) is 9.59 Å². The van der Waals surface area contributed by atoms with Crippen LogP contribution in [-0.4, -0.2) is 68.6 Å². The average Bonchev–Trinajstić information content (AvgIpc) is 3.16. The van der Waals surface area contributed by atoms with Gasteiger partial charge in [-0.1, -0.05) is 12.1 Å². The van der Waals surface area contributed by atoms with Crippen molar-refractivity contribution in [3.8, 4) is 0 Å². The first-order chi connectivity index (χ1) is 11.9. The molecule has 0 bridgehead atoms. The normalized spacial score (nSPS) is 22.1. The molecule has 0 radical (unpaired) electrons. The highest BCUT2D eigenvalue weighted by Crippen LogP contribution is 2.20. The first-order valence-corrected chi connectivity index (χ1v) is 9.94. The largest absolute Gasteiger partial charge is 0.340 e. The highest BCUT2D eigenvalue weighted by atomic mass is 32.2. The third-order valence-corrected chi connectivity index (χ3v) is 6.77. The molecule has 136 valence electrons. The molecular formula is C17H23N3O4S. The molecule has 2 heterocycles. The van der Waals surface area contributed by atoms with Crippen LogP contribution in [0.5, 0.6) is 0 Å². The summed E-state index contributed by atoms with van der Waals surface area (Å²) in [5, 5.41) is 3.18. The Balaban J connectivity index is 1.64. The standard InChI is InChI=1S/C17H23N3O4S/c1-13(21)14-2-4-16(5-3-14)25(23,24)20-10-8-19(9-11-20)17(22)15-6-7-18-12-15/h2-5,15,18H,6-12H2,1H3. The van der Waals surface area contributed by atoms with Gasteiger partial charge >= 0.3 is 0 Å². The molecule has 2 fully saturated rings. The molecule has 2 aliphatic heterocycles. The molecule has 0 aromatic heterocycles. The minimum Gasteiger partial charge on any atom is -0.340 e. The van der Waals surface area contributed by atoms with Gasteiger partial charge in [-0.2, -0.15) is 4.31 Å². The Hall–Kier alpha value is -1.77. The number of hydrogen-bond acceptors (Lipinski definition) is 5. The summed E-state index contributed by atoms with van der Waals surface area (Å²) in [6.45, 7) is 4.44. The van der Waals surface area contributed by atoms with Gasteiger partial charge in [0.25, 0.3) is 0 Å². The highest BCUT2D eigenvalue weighted by molar-refractivity contribution is 7.89. The summed E-state index contributed by atoms with van der Waals surface area (Å²) in [5.74, 6) is 0.0348. The lowest BCUT2D eigenvalue weighted by atomic mass is 10.1. The van der Waals surface area contributed by atoms with Gasteiger partial charge in [-0.25, -0.2) is 8.42 Å². The van der Waals surface area contributed by atoms with E-state index in [4.69, 9.17) is 0 Å². The van der Waals surface area contributed by atoms with Crippen LogP contribution in [0.3, 0.4) is 0 Å². The molecule has 0 saturated carbocycles. The topological polar surface area (TPSA) is 86.8 Å². The van der Waals surface area contributed by atoms with Gasteiger partial charge in [0.05, 0.1) is 10.8 Å². The summed E-state index contributed by atoms with van der Waals surface area (Å²) in [6, 6.07) is 5.99. The predicted octanol–water partition coefficient (Wildman–Crippen LogP) is 0.332. The maximum atomic E-state index is 12.7. The summed E-state index contributed by atoms with van der Waals surface area (Å²) < 4.78 is 26.9. The van der Waals surface area contributed by atoms with Gasteiger partial charge in [0.15, 0.2) is 5.78 Å². The lowest BCUT2D eigenvalue weighted by molar-refractivity contribution is -0.136. The minimum absolute atomic E-state index is 0.0160. The molecule has 0 spiro atoms. The number of nitrogens with zero attached hydrogens (tertiary/aromatic N) is 2. The lowest BCUT2D eigenvalue weighted by Crippen LogP contribution is -2.52. The fraction of sp³-hybridized carbons (Fsp3) is 0.529. The Bertz CT molecular complexity index is 747. The SMILES string of the molecule is CC(=O)c1ccc(S(=O)(=O)N2CCN(C(=O)C3CCNC3)CC2)cc1. The number of sulfonamides is 1. The van der Waals surface area contributed by atoms with Crippen molar-refractivity contribution in [1.82, 2.24) is 14.5 Å². The van der Waals surface area contributed by atoms with Crippen LogP contribution in [0.25, 0.3) is 0 Å². The van der Waals surface area contributed by atoms with Crippen molar-refractivity contribution in [2.75, 3.05) is 39.3 Å². The van der Waals surface area contributed by atoms with Crippen molar-refractivity contribution >= 4 is 21.7 Å². The summed E-state index contributed by atoms with van der Waals surface area (Å²) >= 11 is 0. The number of hydrogen-bond donors (Lipinski definition) is 1. The molecule has 2 aliphatic rings. The quantitative estimate of drug-likeness (QED) is 0.777. The third-order valence-electron chi connectivity index (χ3n) is 4.86. The number of rotatable bonds is 4. The van der Waals surface area contributed by atoms with Crippen LogP contribution < -0.4 is 5.32 Å². The van der Waals surface area contributed by atoms with Crippen LogP contribution in [-0.2, 0) is 14.8 Å². The first-order valence-electron chi connectivity index (χ1n) is 8.50. The van der Waals surface area contributed by atoms with E-state index >= 15 is 0 Å². The summed E-state index contributed by atoms with van der Waals surface area (Å²) in [4.78, 5) is 25.7. The number of ketones is 1. The van der Waals surface area contributed by atoms with Crippen LogP contribution in [0.2, 0.25) is 0 Å². The Kier molecular flexibility index (Phi) is 5.21. The molecule has 1 unspecified atom stereocenters. The van der Waals surface area contributed by atoms with Crippen LogP contribution in [0, 0.1) is 5.92 Å². The van der Waals surface area contributed by atoms with Gasteiger partial charge in [0.2, 0.25) is 15.9 Å². The summed E-state index contributed by atoms with van der Waals surface area (Å²) in [6.07, 6.45) is 0.847. The molecule has 2 saturated heterocycles. The Morgan fingerprint density at radius 1 is 1.08 bits per heavy atom.